The Kier molecular flexibility index (Phi) is 10.3. The lowest BCUT2D eigenvalue weighted by Crippen LogP contribution is -2.40. The van der Waals surface area contributed by atoms with Gasteiger partial charge < -0.3 is 9.47 Å². The SMILES string of the molecule is CCOC(=O)C1=C(c2ccccc2)N=c2s/c(=C\c3cc(I)cc(I)c3OCc3cccc(Cl)c3)c(=O)n2[C@H]1c1ccc(Cl)cc1. The van der Waals surface area contributed by atoms with Crippen LogP contribution in [0.2, 0.25) is 10.0 Å². The van der Waals surface area contributed by atoms with E-state index in [-0.39, 0.29) is 17.7 Å². The summed E-state index contributed by atoms with van der Waals surface area (Å²) in [5.74, 6) is 0.112. The maximum atomic E-state index is 14.4. The number of thiazole rings is 1. The van der Waals surface area contributed by atoms with Crippen LogP contribution in [0.25, 0.3) is 11.8 Å². The van der Waals surface area contributed by atoms with Crippen LogP contribution in [0.4, 0.5) is 0 Å². The van der Waals surface area contributed by atoms with E-state index in [9.17, 15) is 9.59 Å². The Bertz CT molecular complexity index is 2160. The third-order valence-corrected chi connectivity index (χ3v) is 10.0. The number of fused-ring (bicyclic) bond motifs is 1. The maximum absolute atomic E-state index is 14.4. The molecule has 0 saturated carbocycles. The van der Waals surface area contributed by atoms with E-state index in [1.165, 1.54) is 11.3 Å². The molecule has 0 fully saturated rings. The first-order valence-electron chi connectivity index (χ1n) is 14.1. The minimum absolute atomic E-state index is 0.172. The van der Waals surface area contributed by atoms with Crippen LogP contribution in [-0.4, -0.2) is 17.1 Å². The summed E-state index contributed by atoms with van der Waals surface area (Å²) >= 11 is 18.2. The van der Waals surface area contributed by atoms with Crippen LogP contribution in [0, 0.1) is 7.14 Å². The van der Waals surface area contributed by atoms with Crippen molar-refractivity contribution in [3.05, 3.63) is 156 Å². The molecule has 0 amide bonds. The number of halogens is 4. The molecule has 0 bridgehead atoms. The Hall–Kier alpha value is -2.97. The van der Waals surface area contributed by atoms with Gasteiger partial charge in [-0.25, -0.2) is 9.79 Å². The minimum Gasteiger partial charge on any atom is -0.487 e. The molecule has 0 spiro atoms. The first-order chi connectivity index (χ1) is 22.2. The Labute approximate surface area is 306 Å². The summed E-state index contributed by atoms with van der Waals surface area (Å²) < 4.78 is 15.8. The van der Waals surface area contributed by atoms with Crippen molar-refractivity contribution in [3.8, 4) is 5.75 Å². The monoisotopic (exact) mass is 892 g/mol. The van der Waals surface area contributed by atoms with E-state index >= 15 is 0 Å². The Balaban J connectivity index is 1.56. The first kappa shape index (κ1) is 33.0. The topological polar surface area (TPSA) is 69.9 Å². The minimum atomic E-state index is -0.792. The predicted molar refractivity (Wildman–Crippen MR) is 200 cm³/mol. The van der Waals surface area contributed by atoms with Gasteiger partial charge in [0.15, 0.2) is 4.80 Å². The summed E-state index contributed by atoms with van der Waals surface area (Å²) in [4.78, 5) is 33.4. The third kappa shape index (κ3) is 6.98. The van der Waals surface area contributed by atoms with E-state index in [1.54, 1.807) is 23.6 Å². The van der Waals surface area contributed by atoms with Gasteiger partial charge in [-0.1, -0.05) is 89.1 Å². The quantitative estimate of drug-likeness (QED) is 0.117. The summed E-state index contributed by atoms with van der Waals surface area (Å²) in [7, 11) is 0. The number of aromatic nitrogens is 1. The van der Waals surface area contributed by atoms with Crippen LogP contribution < -0.4 is 19.6 Å². The van der Waals surface area contributed by atoms with Crippen LogP contribution in [0.3, 0.4) is 0 Å². The van der Waals surface area contributed by atoms with Crippen molar-refractivity contribution in [2.24, 2.45) is 4.99 Å². The average molecular weight is 893 g/mol. The Morgan fingerprint density at radius 2 is 1.74 bits per heavy atom. The fraction of sp³-hybridized carbons (Fsp3) is 0.114. The molecular formula is C35H24Cl2I2N2O4S. The largest absolute Gasteiger partial charge is 0.487 e. The highest BCUT2D eigenvalue weighted by Crippen LogP contribution is 2.36. The second-order valence-corrected chi connectivity index (χ2v) is 14.5. The lowest BCUT2D eigenvalue weighted by Gasteiger charge is -2.26. The molecule has 0 aliphatic carbocycles. The Morgan fingerprint density at radius 1 is 0.978 bits per heavy atom. The highest BCUT2D eigenvalue weighted by Gasteiger charge is 2.35. The molecule has 1 aliphatic heterocycles. The zero-order valence-electron chi connectivity index (χ0n) is 24.2. The second kappa shape index (κ2) is 14.4. The summed E-state index contributed by atoms with van der Waals surface area (Å²) in [6.07, 6.45) is 1.83. The lowest BCUT2D eigenvalue weighted by atomic mass is 9.93. The fourth-order valence-electron chi connectivity index (χ4n) is 5.16. The molecule has 232 valence electrons. The van der Waals surface area contributed by atoms with E-state index in [1.807, 2.05) is 84.9 Å². The van der Waals surface area contributed by atoms with Crippen LogP contribution >= 0.6 is 79.7 Å². The molecule has 11 heteroatoms. The molecule has 4 aromatic carbocycles. The number of rotatable bonds is 8. The fourth-order valence-corrected chi connectivity index (χ4v) is 8.54. The van der Waals surface area contributed by atoms with Gasteiger partial charge in [0, 0.05) is 24.7 Å². The first-order valence-corrected chi connectivity index (χ1v) is 17.9. The van der Waals surface area contributed by atoms with E-state index in [0.717, 1.165) is 23.8 Å². The zero-order chi connectivity index (χ0) is 32.4. The number of hydrogen-bond acceptors (Lipinski definition) is 6. The molecule has 6 nitrogen and oxygen atoms in total. The van der Waals surface area contributed by atoms with Gasteiger partial charge in [-0.05, 0) is 106 Å². The number of hydrogen-bond donors (Lipinski definition) is 0. The van der Waals surface area contributed by atoms with E-state index in [2.05, 4.69) is 45.2 Å². The van der Waals surface area contributed by atoms with E-state index < -0.39 is 12.0 Å². The van der Waals surface area contributed by atoms with Gasteiger partial charge >= 0.3 is 5.97 Å². The van der Waals surface area contributed by atoms with Gasteiger partial charge in [-0.15, -0.1) is 0 Å². The number of ether oxygens (including phenoxy) is 2. The summed E-state index contributed by atoms with van der Waals surface area (Å²) in [5.41, 5.74) is 3.58. The number of nitrogens with zero attached hydrogens (tertiary/aromatic N) is 2. The van der Waals surface area contributed by atoms with Crippen molar-refractivity contribution >= 4 is 97.5 Å². The smallest absolute Gasteiger partial charge is 0.338 e. The standard InChI is InChI=1S/C35H24Cl2I2N2O4S/c1-2-44-34(43)29-30(21-8-4-3-5-9-21)40-35-41(31(29)22-11-13-24(36)14-12-22)33(42)28(46-35)17-23-16-26(38)18-27(39)32(23)45-19-20-7-6-10-25(37)15-20/h3-18,31H,2,19H2,1H3/b28-17-/t31-/m0/s1. The second-order valence-electron chi connectivity index (χ2n) is 10.2. The molecule has 0 saturated heterocycles. The number of carbonyl (C=O) groups excluding carboxylic acids is 1. The normalized spacial score (nSPS) is 14.5. The third-order valence-electron chi connectivity index (χ3n) is 7.16. The molecule has 5 aromatic rings. The van der Waals surface area contributed by atoms with E-state index in [0.29, 0.717) is 43.0 Å². The molecule has 1 atom stereocenters. The molecule has 0 N–H and O–H groups in total. The summed E-state index contributed by atoms with van der Waals surface area (Å²) in [6, 6.07) is 27.3. The van der Waals surface area contributed by atoms with E-state index in [4.69, 9.17) is 37.7 Å². The van der Waals surface area contributed by atoms with Gasteiger partial charge in [0.05, 0.1) is 32.0 Å². The Morgan fingerprint density at radius 3 is 2.46 bits per heavy atom. The van der Waals surface area contributed by atoms with Crippen LogP contribution in [0.15, 0.2) is 106 Å². The maximum Gasteiger partial charge on any atom is 0.338 e. The summed E-state index contributed by atoms with van der Waals surface area (Å²) in [6.45, 7) is 2.23. The molecule has 0 radical (unpaired) electrons. The molecular weight excluding hydrogens is 869 g/mol. The molecule has 46 heavy (non-hydrogen) atoms. The van der Waals surface area contributed by atoms with Gasteiger partial charge in [0.2, 0.25) is 0 Å². The van der Waals surface area contributed by atoms with Gasteiger partial charge in [0.1, 0.15) is 12.4 Å². The summed E-state index contributed by atoms with van der Waals surface area (Å²) in [5, 5.41) is 1.17. The van der Waals surface area contributed by atoms with Crippen LogP contribution in [0.5, 0.6) is 5.75 Å². The predicted octanol–water partition coefficient (Wildman–Crippen LogP) is 8.03. The highest BCUT2D eigenvalue weighted by molar-refractivity contribution is 14.1. The molecule has 0 unspecified atom stereocenters. The number of carbonyl (C=O) groups is 1. The molecule has 1 aromatic heterocycles. The molecule has 6 rings (SSSR count). The van der Waals surface area contributed by atoms with Crippen LogP contribution in [0.1, 0.15) is 35.2 Å². The van der Waals surface area contributed by atoms with Crippen molar-refractivity contribution in [2.45, 2.75) is 19.6 Å². The lowest BCUT2D eigenvalue weighted by molar-refractivity contribution is -0.138. The van der Waals surface area contributed by atoms with Crippen molar-refractivity contribution in [3.63, 3.8) is 0 Å². The van der Waals surface area contributed by atoms with Crippen molar-refractivity contribution in [1.29, 1.82) is 0 Å². The highest BCUT2D eigenvalue weighted by atomic mass is 127. The molecule has 2 heterocycles. The van der Waals surface area contributed by atoms with Crippen molar-refractivity contribution < 1.29 is 14.3 Å². The molecule has 1 aliphatic rings. The van der Waals surface area contributed by atoms with Crippen molar-refractivity contribution in [2.75, 3.05) is 6.61 Å². The van der Waals surface area contributed by atoms with Crippen LogP contribution in [-0.2, 0) is 16.1 Å². The van der Waals surface area contributed by atoms with Crippen molar-refractivity contribution in [1.82, 2.24) is 4.57 Å². The average Bonchev–Trinajstić information content (AvgIpc) is 3.35. The van der Waals surface area contributed by atoms with Gasteiger partial charge in [-0.3, -0.25) is 9.36 Å². The number of benzene rings is 4. The van der Waals surface area contributed by atoms with Gasteiger partial charge in [0.25, 0.3) is 5.56 Å². The number of esters is 1. The van der Waals surface area contributed by atoms with Gasteiger partial charge in [-0.2, -0.15) is 0 Å². The zero-order valence-corrected chi connectivity index (χ0v) is 30.8.